The van der Waals surface area contributed by atoms with Crippen molar-refractivity contribution in [1.29, 1.82) is 0 Å². The fourth-order valence-corrected chi connectivity index (χ4v) is 3.17. The van der Waals surface area contributed by atoms with Gasteiger partial charge in [0.25, 0.3) is 10.0 Å². The number of rotatable bonds is 4. The van der Waals surface area contributed by atoms with Crippen molar-refractivity contribution >= 4 is 37.6 Å². The van der Waals surface area contributed by atoms with Crippen molar-refractivity contribution < 1.29 is 18.3 Å². The Bertz CT molecular complexity index is 785. The number of carboxylic acids is 1. The van der Waals surface area contributed by atoms with Crippen molar-refractivity contribution in [1.82, 2.24) is 0 Å². The molecule has 0 aliphatic carbocycles. The van der Waals surface area contributed by atoms with Gasteiger partial charge in [0.15, 0.2) is 0 Å². The quantitative estimate of drug-likeness (QED) is 0.892. The number of hydrogen-bond acceptors (Lipinski definition) is 4. The highest BCUT2D eigenvalue weighted by molar-refractivity contribution is 9.10. The van der Waals surface area contributed by atoms with Crippen molar-refractivity contribution in [2.75, 3.05) is 4.72 Å². The molecule has 0 unspecified atom stereocenters. The summed E-state index contributed by atoms with van der Waals surface area (Å²) in [4.78, 5) is 11.0. The zero-order valence-electron chi connectivity index (χ0n) is 11.0. The molecule has 0 saturated heterocycles. The van der Waals surface area contributed by atoms with Gasteiger partial charge in [-0.05, 0) is 42.8 Å². The number of benzene rings is 2. The second kappa shape index (κ2) is 5.87. The Hall–Kier alpha value is -1.86. The van der Waals surface area contributed by atoms with Gasteiger partial charge >= 0.3 is 0 Å². The zero-order chi connectivity index (χ0) is 15.6. The predicted molar refractivity (Wildman–Crippen MR) is 80.5 cm³/mol. The van der Waals surface area contributed by atoms with Crippen LogP contribution in [0.25, 0.3) is 0 Å². The number of nitrogens with one attached hydrogen (secondary N) is 1. The summed E-state index contributed by atoms with van der Waals surface area (Å²) in [6.45, 7) is 1.52. The molecule has 5 nitrogen and oxygen atoms in total. The summed E-state index contributed by atoms with van der Waals surface area (Å²) in [5.74, 6) is -1.35. The molecule has 0 aromatic heterocycles. The van der Waals surface area contributed by atoms with Gasteiger partial charge in [-0.2, -0.15) is 0 Å². The van der Waals surface area contributed by atoms with Crippen LogP contribution in [0.3, 0.4) is 0 Å². The Kier molecular flexibility index (Phi) is 4.34. The number of halogens is 1. The van der Waals surface area contributed by atoms with Crippen LogP contribution in [0.5, 0.6) is 0 Å². The van der Waals surface area contributed by atoms with Crippen LogP contribution in [0.2, 0.25) is 0 Å². The molecule has 110 valence electrons. The first kappa shape index (κ1) is 15.5. The Labute approximate surface area is 130 Å². The number of anilines is 1. The van der Waals surface area contributed by atoms with E-state index in [9.17, 15) is 18.3 Å². The van der Waals surface area contributed by atoms with E-state index in [4.69, 9.17) is 0 Å². The fraction of sp³-hybridized carbons (Fsp3) is 0.0714. The molecule has 0 aliphatic rings. The molecule has 7 heteroatoms. The monoisotopic (exact) mass is 368 g/mol. The van der Waals surface area contributed by atoms with Gasteiger partial charge in [-0.15, -0.1) is 0 Å². The molecule has 0 atom stereocenters. The Morgan fingerprint density at radius 2 is 1.76 bits per heavy atom. The molecule has 0 heterocycles. The lowest BCUT2D eigenvalue weighted by atomic mass is 10.1. The summed E-state index contributed by atoms with van der Waals surface area (Å²) in [6, 6.07) is 10.4. The Balaban J connectivity index is 2.39. The summed E-state index contributed by atoms with van der Waals surface area (Å²) >= 11 is 3.23. The Morgan fingerprint density at radius 1 is 1.14 bits per heavy atom. The van der Waals surface area contributed by atoms with Gasteiger partial charge in [0, 0.05) is 10.0 Å². The van der Waals surface area contributed by atoms with E-state index in [0.29, 0.717) is 5.56 Å². The molecule has 2 aromatic rings. The van der Waals surface area contributed by atoms with Crippen molar-refractivity contribution in [3.63, 3.8) is 0 Å². The highest BCUT2D eigenvalue weighted by atomic mass is 79.9. The summed E-state index contributed by atoms with van der Waals surface area (Å²) < 4.78 is 27.7. The van der Waals surface area contributed by atoms with Gasteiger partial charge in [0.1, 0.15) is 0 Å². The molecular formula is C14H11BrNO4S-. The van der Waals surface area contributed by atoms with Crippen LogP contribution in [0, 0.1) is 6.92 Å². The SMILES string of the molecule is Cc1c(NS(=O)(=O)c2ccc(Br)cc2)cccc1C(=O)[O-]. The molecule has 2 aromatic carbocycles. The van der Waals surface area contributed by atoms with Crippen LogP contribution in [0.4, 0.5) is 5.69 Å². The number of hydrogen-bond donors (Lipinski definition) is 1. The number of carboxylic acid groups (broad SMARTS) is 1. The lowest BCUT2D eigenvalue weighted by Crippen LogP contribution is -2.24. The largest absolute Gasteiger partial charge is 0.545 e. The summed E-state index contributed by atoms with van der Waals surface area (Å²) in [5, 5.41) is 11.0. The molecule has 0 bridgehead atoms. The standard InChI is InChI=1S/C14H12BrNO4S/c1-9-12(14(17)18)3-2-4-13(9)16-21(19,20)11-7-5-10(15)6-8-11/h2-8,16H,1H3,(H,17,18)/p-1. The van der Waals surface area contributed by atoms with Gasteiger partial charge in [-0.3, -0.25) is 4.72 Å². The van der Waals surface area contributed by atoms with Crippen LogP contribution >= 0.6 is 15.9 Å². The van der Waals surface area contributed by atoms with Crippen molar-refractivity contribution in [2.24, 2.45) is 0 Å². The summed E-state index contributed by atoms with van der Waals surface area (Å²) in [6.07, 6.45) is 0. The van der Waals surface area contributed by atoms with E-state index in [2.05, 4.69) is 20.7 Å². The highest BCUT2D eigenvalue weighted by Gasteiger charge is 2.16. The van der Waals surface area contributed by atoms with E-state index in [-0.39, 0.29) is 16.1 Å². The van der Waals surface area contributed by atoms with E-state index in [1.165, 1.54) is 37.3 Å². The molecule has 0 spiro atoms. The fourth-order valence-electron chi connectivity index (χ4n) is 1.78. The van der Waals surface area contributed by atoms with E-state index in [0.717, 1.165) is 4.47 Å². The maximum absolute atomic E-state index is 12.3. The van der Waals surface area contributed by atoms with Crippen molar-refractivity contribution in [3.05, 3.63) is 58.1 Å². The highest BCUT2D eigenvalue weighted by Crippen LogP contribution is 2.23. The van der Waals surface area contributed by atoms with E-state index < -0.39 is 16.0 Å². The first-order valence-corrected chi connectivity index (χ1v) is 8.18. The zero-order valence-corrected chi connectivity index (χ0v) is 13.4. The number of carbonyl (C=O) groups excluding carboxylic acids is 1. The van der Waals surface area contributed by atoms with Gasteiger partial charge in [0.2, 0.25) is 0 Å². The molecule has 2 rings (SSSR count). The van der Waals surface area contributed by atoms with Crippen LogP contribution in [-0.2, 0) is 10.0 Å². The third-order valence-electron chi connectivity index (χ3n) is 2.92. The lowest BCUT2D eigenvalue weighted by Gasteiger charge is -2.14. The number of aromatic carboxylic acids is 1. The molecule has 1 N–H and O–H groups in total. The second-order valence-electron chi connectivity index (χ2n) is 4.33. The molecular weight excluding hydrogens is 358 g/mol. The van der Waals surface area contributed by atoms with Crippen molar-refractivity contribution in [2.45, 2.75) is 11.8 Å². The number of carbonyl (C=O) groups is 1. The first-order chi connectivity index (χ1) is 9.81. The minimum atomic E-state index is -3.78. The molecule has 0 radical (unpaired) electrons. The van der Waals surface area contributed by atoms with Gasteiger partial charge in [0.05, 0.1) is 16.6 Å². The van der Waals surface area contributed by atoms with Crippen LogP contribution in [-0.4, -0.2) is 14.4 Å². The Morgan fingerprint density at radius 3 is 2.33 bits per heavy atom. The predicted octanol–water partition coefficient (Wildman–Crippen LogP) is 1.92. The van der Waals surface area contributed by atoms with Crippen molar-refractivity contribution in [3.8, 4) is 0 Å². The topological polar surface area (TPSA) is 86.3 Å². The third-order valence-corrected chi connectivity index (χ3v) is 4.83. The normalized spacial score (nSPS) is 11.1. The molecule has 0 aliphatic heterocycles. The average molecular weight is 369 g/mol. The molecule has 0 amide bonds. The van der Waals surface area contributed by atoms with Gasteiger partial charge in [-0.1, -0.05) is 28.1 Å². The van der Waals surface area contributed by atoms with Crippen LogP contribution < -0.4 is 9.83 Å². The van der Waals surface area contributed by atoms with Gasteiger partial charge in [-0.25, -0.2) is 8.42 Å². The molecule has 0 fully saturated rings. The maximum atomic E-state index is 12.3. The second-order valence-corrected chi connectivity index (χ2v) is 6.92. The van der Waals surface area contributed by atoms with Crippen LogP contribution in [0.15, 0.2) is 51.8 Å². The van der Waals surface area contributed by atoms with E-state index >= 15 is 0 Å². The molecule has 0 saturated carbocycles. The minimum Gasteiger partial charge on any atom is -0.545 e. The smallest absolute Gasteiger partial charge is 0.261 e. The maximum Gasteiger partial charge on any atom is 0.261 e. The third kappa shape index (κ3) is 3.43. The van der Waals surface area contributed by atoms with E-state index in [1.54, 1.807) is 12.1 Å². The van der Waals surface area contributed by atoms with E-state index in [1.807, 2.05) is 0 Å². The summed E-state index contributed by atoms with van der Waals surface area (Å²) in [7, 11) is -3.78. The average Bonchev–Trinajstić information content (AvgIpc) is 2.41. The molecule has 21 heavy (non-hydrogen) atoms. The van der Waals surface area contributed by atoms with Crippen LogP contribution in [0.1, 0.15) is 15.9 Å². The number of sulfonamides is 1. The summed E-state index contributed by atoms with van der Waals surface area (Å²) in [5.41, 5.74) is 0.462. The van der Waals surface area contributed by atoms with Gasteiger partial charge < -0.3 is 9.90 Å². The minimum absolute atomic E-state index is 0.0500. The lowest BCUT2D eigenvalue weighted by molar-refractivity contribution is -0.255. The first-order valence-electron chi connectivity index (χ1n) is 5.90.